The summed E-state index contributed by atoms with van der Waals surface area (Å²) >= 11 is 0. The van der Waals surface area contributed by atoms with Crippen molar-refractivity contribution in [2.45, 2.75) is 32.7 Å². The van der Waals surface area contributed by atoms with Crippen molar-refractivity contribution in [3.8, 4) is 6.07 Å². The molecule has 0 aliphatic carbocycles. The number of nitrogens with zero attached hydrogens (tertiary/aromatic N) is 3. The van der Waals surface area contributed by atoms with E-state index >= 15 is 0 Å². The summed E-state index contributed by atoms with van der Waals surface area (Å²) in [6.07, 6.45) is 1.94. The maximum atomic E-state index is 8.51. The molecule has 1 aliphatic rings. The maximum absolute atomic E-state index is 8.51. The molecular weight excluding hydrogens is 174 g/mol. The van der Waals surface area contributed by atoms with Crippen molar-refractivity contribution in [1.29, 1.82) is 5.26 Å². The minimum absolute atomic E-state index is 0.672. The van der Waals surface area contributed by atoms with Crippen molar-refractivity contribution in [2.24, 2.45) is 0 Å². The largest absolute Gasteiger partial charge is 0.301 e. The Hall–Kier alpha value is -0.590. The van der Waals surface area contributed by atoms with Crippen LogP contribution in [0.2, 0.25) is 0 Å². The highest BCUT2D eigenvalue weighted by Gasteiger charge is 2.25. The van der Waals surface area contributed by atoms with Crippen LogP contribution in [0.25, 0.3) is 0 Å². The fourth-order valence-corrected chi connectivity index (χ4v) is 2.26. The van der Waals surface area contributed by atoms with Gasteiger partial charge >= 0.3 is 0 Å². The average molecular weight is 195 g/mol. The molecule has 0 aromatic heterocycles. The predicted molar refractivity (Wildman–Crippen MR) is 58.0 cm³/mol. The fourth-order valence-electron chi connectivity index (χ4n) is 2.26. The molecule has 0 bridgehead atoms. The molecular formula is C11H21N3. The van der Waals surface area contributed by atoms with Gasteiger partial charge in [-0.2, -0.15) is 5.26 Å². The Morgan fingerprint density at radius 1 is 1.43 bits per heavy atom. The fraction of sp³-hybridized carbons (Fsp3) is 0.909. The Bertz CT molecular complexity index is 193. The Morgan fingerprint density at radius 3 is 2.71 bits per heavy atom. The van der Waals surface area contributed by atoms with Crippen LogP contribution >= 0.6 is 0 Å². The lowest BCUT2D eigenvalue weighted by molar-refractivity contribution is 0.212. The van der Waals surface area contributed by atoms with Gasteiger partial charge in [0, 0.05) is 25.6 Å². The lowest BCUT2D eigenvalue weighted by Gasteiger charge is -2.26. The van der Waals surface area contributed by atoms with E-state index in [1.807, 2.05) is 0 Å². The van der Waals surface area contributed by atoms with E-state index in [0.717, 1.165) is 32.2 Å². The zero-order valence-electron chi connectivity index (χ0n) is 9.37. The zero-order chi connectivity index (χ0) is 10.4. The molecule has 1 rings (SSSR count). The number of likely N-dealkylation sites (tertiary alicyclic amines) is 1. The van der Waals surface area contributed by atoms with Crippen molar-refractivity contribution in [3.05, 3.63) is 0 Å². The van der Waals surface area contributed by atoms with Crippen LogP contribution in [0.1, 0.15) is 26.7 Å². The van der Waals surface area contributed by atoms with Gasteiger partial charge in [-0.25, -0.2) is 0 Å². The second-order valence-electron chi connectivity index (χ2n) is 3.87. The topological polar surface area (TPSA) is 30.3 Å². The Balaban J connectivity index is 2.29. The van der Waals surface area contributed by atoms with Crippen LogP contribution in [0.3, 0.4) is 0 Å². The van der Waals surface area contributed by atoms with Gasteiger partial charge in [-0.15, -0.1) is 0 Å². The van der Waals surface area contributed by atoms with E-state index in [4.69, 9.17) is 5.26 Å². The normalized spacial score (nSPS) is 22.9. The number of rotatable bonds is 5. The molecule has 0 N–H and O–H groups in total. The van der Waals surface area contributed by atoms with E-state index in [1.165, 1.54) is 13.0 Å². The van der Waals surface area contributed by atoms with E-state index in [-0.39, 0.29) is 0 Å². The van der Waals surface area contributed by atoms with Gasteiger partial charge < -0.3 is 4.90 Å². The summed E-state index contributed by atoms with van der Waals surface area (Å²) in [6.45, 7) is 10.0. The van der Waals surface area contributed by atoms with Crippen LogP contribution in [0.15, 0.2) is 0 Å². The van der Waals surface area contributed by atoms with Gasteiger partial charge in [0.15, 0.2) is 0 Å². The molecule has 1 saturated heterocycles. The first-order chi connectivity index (χ1) is 6.81. The monoisotopic (exact) mass is 195 g/mol. The van der Waals surface area contributed by atoms with Gasteiger partial charge in [0.25, 0.3) is 0 Å². The highest BCUT2D eigenvalue weighted by molar-refractivity contribution is 4.84. The van der Waals surface area contributed by atoms with E-state index in [9.17, 15) is 0 Å². The van der Waals surface area contributed by atoms with Crippen molar-refractivity contribution in [2.75, 3.05) is 32.7 Å². The molecule has 1 atom stereocenters. The highest BCUT2D eigenvalue weighted by atomic mass is 15.2. The van der Waals surface area contributed by atoms with Crippen molar-refractivity contribution in [1.82, 2.24) is 9.80 Å². The maximum Gasteiger partial charge on any atom is 0.0635 e. The van der Waals surface area contributed by atoms with Crippen LogP contribution in [-0.2, 0) is 0 Å². The molecule has 1 aliphatic heterocycles. The molecule has 1 heterocycles. The third kappa shape index (κ3) is 2.97. The summed E-state index contributed by atoms with van der Waals surface area (Å²) in [4.78, 5) is 4.93. The van der Waals surface area contributed by atoms with Crippen molar-refractivity contribution >= 4 is 0 Å². The molecule has 0 saturated carbocycles. The van der Waals surface area contributed by atoms with Crippen LogP contribution < -0.4 is 0 Å². The van der Waals surface area contributed by atoms with Gasteiger partial charge in [-0.05, 0) is 26.1 Å². The molecule has 1 unspecified atom stereocenters. The third-order valence-corrected chi connectivity index (χ3v) is 3.12. The van der Waals surface area contributed by atoms with Gasteiger partial charge in [0.05, 0.1) is 6.07 Å². The second kappa shape index (κ2) is 6.00. The summed E-state index contributed by atoms with van der Waals surface area (Å²) < 4.78 is 0. The molecule has 0 radical (unpaired) electrons. The minimum atomic E-state index is 0.672. The second-order valence-corrected chi connectivity index (χ2v) is 3.87. The average Bonchev–Trinajstić information content (AvgIpc) is 2.65. The van der Waals surface area contributed by atoms with Crippen LogP contribution in [0.4, 0.5) is 0 Å². The quantitative estimate of drug-likeness (QED) is 0.662. The van der Waals surface area contributed by atoms with Crippen LogP contribution in [-0.4, -0.2) is 48.6 Å². The third-order valence-electron chi connectivity index (χ3n) is 3.12. The van der Waals surface area contributed by atoms with Gasteiger partial charge in [-0.1, -0.05) is 13.8 Å². The van der Waals surface area contributed by atoms with Gasteiger partial charge in [0.1, 0.15) is 0 Å². The van der Waals surface area contributed by atoms with Crippen LogP contribution in [0.5, 0.6) is 0 Å². The lowest BCUT2D eigenvalue weighted by Crippen LogP contribution is -2.37. The summed E-state index contributed by atoms with van der Waals surface area (Å²) in [7, 11) is 0. The van der Waals surface area contributed by atoms with E-state index in [0.29, 0.717) is 6.42 Å². The summed E-state index contributed by atoms with van der Waals surface area (Å²) in [5.41, 5.74) is 0. The van der Waals surface area contributed by atoms with Gasteiger partial charge in [-0.3, -0.25) is 4.90 Å². The predicted octanol–water partition coefficient (Wildman–Crippen LogP) is 1.32. The Morgan fingerprint density at radius 2 is 2.14 bits per heavy atom. The zero-order valence-corrected chi connectivity index (χ0v) is 9.37. The molecule has 14 heavy (non-hydrogen) atoms. The summed E-state index contributed by atoms with van der Waals surface area (Å²) in [6, 6.07) is 2.94. The SMILES string of the molecule is CCN(CC)C1CCN(CCC#N)C1. The first-order valence-corrected chi connectivity index (χ1v) is 5.65. The number of hydrogen-bond donors (Lipinski definition) is 0. The first kappa shape index (κ1) is 11.5. The number of nitriles is 1. The Labute approximate surface area is 87.3 Å². The molecule has 0 amide bonds. The smallest absolute Gasteiger partial charge is 0.0635 e. The van der Waals surface area contributed by atoms with Crippen molar-refractivity contribution in [3.63, 3.8) is 0 Å². The number of hydrogen-bond acceptors (Lipinski definition) is 3. The first-order valence-electron chi connectivity index (χ1n) is 5.65. The lowest BCUT2D eigenvalue weighted by atomic mass is 10.2. The van der Waals surface area contributed by atoms with Crippen molar-refractivity contribution < 1.29 is 0 Å². The van der Waals surface area contributed by atoms with E-state index in [1.54, 1.807) is 0 Å². The molecule has 1 fully saturated rings. The number of likely N-dealkylation sites (N-methyl/N-ethyl adjacent to an activating group) is 1. The molecule has 0 aromatic rings. The molecule has 0 spiro atoms. The van der Waals surface area contributed by atoms with E-state index < -0.39 is 0 Å². The Kier molecular flexibility index (Phi) is 4.92. The highest BCUT2D eigenvalue weighted by Crippen LogP contribution is 2.15. The molecule has 80 valence electrons. The molecule has 3 nitrogen and oxygen atoms in total. The standard InChI is InChI=1S/C11H21N3/c1-3-14(4-2)11-6-9-13(10-11)8-5-7-12/h11H,3-6,8-10H2,1-2H3. The molecule has 0 aromatic carbocycles. The minimum Gasteiger partial charge on any atom is -0.301 e. The summed E-state index contributed by atoms with van der Waals surface area (Å²) in [5.74, 6) is 0. The van der Waals surface area contributed by atoms with Crippen LogP contribution in [0, 0.1) is 11.3 Å². The molecule has 3 heteroatoms. The summed E-state index contributed by atoms with van der Waals surface area (Å²) in [5, 5.41) is 8.51. The van der Waals surface area contributed by atoms with E-state index in [2.05, 4.69) is 29.7 Å². The van der Waals surface area contributed by atoms with Gasteiger partial charge in [0.2, 0.25) is 0 Å².